The summed E-state index contributed by atoms with van der Waals surface area (Å²) >= 11 is 0. The number of nitrogen functional groups attached to an aromatic ring is 2. The number of aromatic nitrogens is 2. The van der Waals surface area contributed by atoms with Gasteiger partial charge in [-0.05, 0) is 13.8 Å². The number of nitrogens with one attached hydrogen (secondary N) is 2. The molecule has 8 heteroatoms. The standard InChI is InChI=1S/C10H17N7O/c1-10(2)8(18)13-3-4-17(10)7-5-6(16-12)14-9(11)15-7/h5H,3-4,12H2,1-2H3,(H,13,18)(H3,11,14,15,16). The number of nitrogens with zero attached hydrogens (tertiary/aromatic N) is 3. The van der Waals surface area contributed by atoms with Gasteiger partial charge in [-0.15, -0.1) is 0 Å². The minimum atomic E-state index is -0.690. The van der Waals surface area contributed by atoms with E-state index in [1.807, 2.05) is 18.7 Å². The Kier molecular flexibility index (Phi) is 2.95. The molecule has 18 heavy (non-hydrogen) atoms. The lowest BCUT2D eigenvalue weighted by Gasteiger charge is -2.42. The molecule has 0 bridgehead atoms. The van der Waals surface area contributed by atoms with Gasteiger partial charge in [-0.25, -0.2) is 5.84 Å². The molecule has 0 aromatic carbocycles. The van der Waals surface area contributed by atoms with Crippen molar-refractivity contribution in [2.45, 2.75) is 19.4 Å². The van der Waals surface area contributed by atoms with E-state index in [4.69, 9.17) is 11.6 Å². The number of hydrogen-bond acceptors (Lipinski definition) is 7. The molecule has 1 fully saturated rings. The summed E-state index contributed by atoms with van der Waals surface area (Å²) in [6.07, 6.45) is 0. The van der Waals surface area contributed by atoms with Crippen LogP contribution in [-0.2, 0) is 4.79 Å². The number of hydrazine groups is 1. The second-order valence-corrected chi connectivity index (χ2v) is 4.58. The molecule has 2 rings (SSSR count). The summed E-state index contributed by atoms with van der Waals surface area (Å²) in [5.41, 5.74) is 7.36. The molecule has 6 N–H and O–H groups in total. The van der Waals surface area contributed by atoms with Crippen LogP contribution in [0.4, 0.5) is 17.6 Å². The maximum atomic E-state index is 11.9. The molecule has 2 heterocycles. The van der Waals surface area contributed by atoms with E-state index in [9.17, 15) is 4.79 Å². The Morgan fingerprint density at radius 1 is 1.50 bits per heavy atom. The second-order valence-electron chi connectivity index (χ2n) is 4.58. The van der Waals surface area contributed by atoms with E-state index in [1.165, 1.54) is 0 Å². The monoisotopic (exact) mass is 251 g/mol. The van der Waals surface area contributed by atoms with Crippen molar-refractivity contribution in [3.05, 3.63) is 6.07 Å². The predicted octanol–water partition coefficient (Wildman–Crippen LogP) is -0.941. The van der Waals surface area contributed by atoms with Crippen molar-refractivity contribution >= 4 is 23.5 Å². The van der Waals surface area contributed by atoms with Gasteiger partial charge in [-0.1, -0.05) is 0 Å². The van der Waals surface area contributed by atoms with Gasteiger partial charge in [-0.3, -0.25) is 4.79 Å². The van der Waals surface area contributed by atoms with Crippen LogP contribution >= 0.6 is 0 Å². The Hall–Kier alpha value is -2.09. The van der Waals surface area contributed by atoms with E-state index < -0.39 is 5.54 Å². The van der Waals surface area contributed by atoms with Gasteiger partial charge in [0.1, 0.15) is 17.2 Å². The predicted molar refractivity (Wildman–Crippen MR) is 68.7 cm³/mol. The summed E-state index contributed by atoms with van der Waals surface area (Å²) in [6, 6.07) is 1.66. The van der Waals surface area contributed by atoms with Crippen molar-refractivity contribution in [1.29, 1.82) is 0 Å². The summed E-state index contributed by atoms with van der Waals surface area (Å²) in [7, 11) is 0. The molecular formula is C10H17N7O. The average Bonchev–Trinajstić information content (AvgIpc) is 2.31. The molecule has 1 amide bonds. The van der Waals surface area contributed by atoms with Gasteiger partial charge >= 0.3 is 0 Å². The highest BCUT2D eigenvalue weighted by molar-refractivity contribution is 5.90. The number of nitrogens with two attached hydrogens (primary N) is 2. The topological polar surface area (TPSA) is 122 Å². The lowest BCUT2D eigenvalue weighted by molar-refractivity contribution is -0.126. The largest absolute Gasteiger partial charge is 0.368 e. The number of amides is 1. The van der Waals surface area contributed by atoms with Crippen molar-refractivity contribution in [2.24, 2.45) is 5.84 Å². The number of anilines is 3. The molecule has 98 valence electrons. The molecular weight excluding hydrogens is 234 g/mol. The van der Waals surface area contributed by atoms with Crippen LogP contribution in [0.25, 0.3) is 0 Å². The smallest absolute Gasteiger partial charge is 0.245 e. The normalized spacial score (nSPS) is 18.4. The highest BCUT2D eigenvalue weighted by Crippen LogP contribution is 2.26. The van der Waals surface area contributed by atoms with Crippen molar-refractivity contribution in [1.82, 2.24) is 15.3 Å². The van der Waals surface area contributed by atoms with Crippen LogP contribution in [0.15, 0.2) is 6.07 Å². The summed E-state index contributed by atoms with van der Waals surface area (Å²) in [6.45, 7) is 4.88. The van der Waals surface area contributed by atoms with Gasteiger partial charge < -0.3 is 21.4 Å². The quantitative estimate of drug-likeness (QED) is 0.395. The zero-order chi connectivity index (χ0) is 13.3. The Morgan fingerprint density at radius 2 is 2.22 bits per heavy atom. The van der Waals surface area contributed by atoms with Crippen molar-refractivity contribution in [3.8, 4) is 0 Å². The van der Waals surface area contributed by atoms with Crippen LogP contribution in [0.5, 0.6) is 0 Å². The molecule has 1 aromatic rings. The van der Waals surface area contributed by atoms with E-state index in [0.29, 0.717) is 24.7 Å². The Bertz CT molecular complexity index is 473. The molecule has 8 nitrogen and oxygen atoms in total. The molecule has 1 aliphatic rings. The van der Waals surface area contributed by atoms with E-state index in [2.05, 4.69) is 20.7 Å². The number of carbonyl (C=O) groups is 1. The van der Waals surface area contributed by atoms with E-state index in [0.717, 1.165) is 0 Å². The first-order valence-electron chi connectivity index (χ1n) is 5.62. The van der Waals surface area contributed by atoms with Gasteiger partial charge in [-0.2, -0.15) is 9.97 Å². The first-order valence-corrected chi connectivity index (χ1v) is 5.62. The third kappa shape index (κ3) is 2.02. The highest BCUT2D eigenvalue weighted by Gasteiger charge is 2.38. The Labute approximate surface area is 105 Å². The Morgan fingerprint density at radius 3 is 2.89 bits per heavy atom. The minimum absolute atomic E-state index is 0.0480. The Balaban J connectivity index is 2.41. The lowest BCUT2D eigenvalue weighted by Crippen LogP contribution is -2.62. The highest BCUT2D eigenvalue weighted by atomic mass is 16.2. The first-order chi connectivity index (χ1) is 8.45. The molecule has 0 aliphatic carbocycles. The first kappa shape index (κ1) is 12.4. The van der Waals surface area contributed by atoms with E-state index >= 15 is 0 Å². The SMILES string of the molecule is CC1(C)C(=O)NCCN1c1cc(NN)nc(N)n1. The fourth-order valence-corrected chi connectivity index (χ4v) is 1.97. The molecule has 1 aliphatic heterocycles. The fourth-order valence-electron chi connectivity index (χ4n) is 1.97. The third-order valence-electron chi connectivity index (χ3n) is 3.01. The third-order valence-corrected chi connectivity index (χ3v) is 3.01. The zero-order valence-corrected chi connectivity index (χ0v) is 10.4. The molecule has 0 atom stereocenters. The van der Waals surface area contributed by atoms with Crippen LogP contribution in [-0.4, -0.2) is 34.5 Å². The number of piperazine rings is 1. The van der Waals surface area contributed by atoms with Gasteiger partial charge in [0, 0.05) is 19.2 Å². The van der Waals surface area contributed by atoms with Crippen molar-refractivity contribution in [2.75, 3.05) is 29.1 Å². The van der Waals surface area contributed by atoms with E-state index in [-0.39, 0.29) is 11.9 Å². The molecule has 1 aromatic heterocycles. The lowest BCUT2D eigenvalue weighted by atomic mass is 9.99. The molecule has 1 saturated heterocycles. The van der Waals surface area contributed by atoms with Crippen molar-refractivity contribution < 1.29 is 4.79 Å². The van der Waals surface area contributed by atoms with Gasteiger partial charge in [0.15, 0.2) is 0 Å². The van der Waals surface area contributed by atoms with Gasteiger partial charge in [0.2, 0.25) is 11.9 Å². The fraction of sp³-hybridized carbons (Fsp3) is 0.500. The molecule has 0 saturated carbocycles. The summed E-state index contributed by atoms with van der Waals surface area (Å²) in [4.78, 5) is 21.8. The van der Waals surface area contributed by atoms with Crippen LogP contribution in [0.1, 0.15) is 13.8 Å². The number of carbonyl (C=O) groups excluding carboxylic acids is 1. The maximum Gasteiger partial charge on any atom is 0.245 e. The van der Waals surface area contributed by atoms with Gasteiger partial charge in [0.05, 0.1) is 0 Å². The molecule has 0 radical (unpaired) electrons. The summed E-state index contributed by atoms with van der Waals surface area (Å²) in [5.74, 6) is 6.38. The van der Waals surface area contributed by atoms with E-state index in [1.54, 1.807) is 6.07 Å². The van der Waals surface area contributed by atoms with Crippen LogP contribution in [0.3, 0.4) is 0 Å². The molecule has 0 spiro atoms. The average molecular weight is 251 g/mol. The zero-order valence-electron chi connectivity index (χ0n) is 10.4. The van der Waals surface area contributed by atoms with Crippen LogP contribution in [0, 0.1) is 0 Å². The number of rotatable bonds is 2. The summed E-state index contributed by atoms with van der Waals surface area (Å²) < 4.78 is 0. The van der Waals surface area contributed by atoms with Crippen LogP contribution < -0.4 is 27.2 Å². The maximum absolute atomic E-state index is 11.9. The van der Waals surface area contributed by atoms with Crippen LogP contribution in [0.2, 0.25) is 0 Å². The second kappa shape index (κ2) is 4.30. The van der Waals surface area contributed by atoms with Crippen molar-refractivity contribution in [3.63, 3.8) is 0 Å². The summed E-state index contributed by atoms with van der Waals surface area (Å²) in [5, 5.41) is 2.82. The minimum Gasteiger partial charge on any atom is -0.368 e. The van der Waals surface area contributed by atoms with Gasteiger partial charge in [0.25, 0.3) is 0 Å². The molecule has 0 unspecified atom stereocenters. The number of hydrogen-bond donors (Lipinski definition) is 4.